The van der Waals surface area contributed by atoms with Gasteiger partial charge >= 0.3 is 0 Å². The second-order valence-corrected chi connectivity index (χ2v) is 16.0. The van der Waals surface area contributed by atoms with E-state index in [4.69, 9.17) is 33.6 Å². The van der Waals surface area contributed by atoms with Gasteiger partial charge in [-0.05, 0) is 58.9 Å². The van der Waals surface area contributed by atoms with Crippen LogP contribution in [0.5, 0.6) is 0 Å². The number of ether oxygens (including phenoxy) is 2. The molecule has 280 valence electrons. The number of nitrogens with zero attached hydrogens (tertiary/aromatic N) is 6. The number of anilines is 1. The number of carbonyl (C=O) groups excluding carboxylic acids is 1. The first-order valence-corrected chi connectivity index (χ1v) is 19.6. The predicted molar refractivity (Wildman–Crippen MR) is 198 cm³/mol. The van der Waals surface area contributed by atoms with Crippen LogP contribution in [-0.2, 0) is 28.5 Å². The topological polar surface area (TPSA) is 182 Å². The summed E-state index contributed by atoms with van der Waals surface area (Å²) in [5.74, 6) is -0.276. The number of hydrogen-bond acceptors (Lipinski definition) is 14. The number of amides is 1. The Morgan fingerprint density at radius 2 is 1.92 bits per heavy atom. The highest BCUT2D eigenvalue weighted by molar-refractivity contribution is 7.91. The molecule has 16 nitrogen and oxygen atoms in total. The van der Waals surface area contributed by atoms with E-state index in [9.17, 15) is 13.2 Å². The van der Waals surface area contributed by atoms with Crippen molar-refractivity contribution < 1.29 is 38.3 Å². The maximum atomic E-state index is 13.0. The molecule has 2 unspecified atom stereocenters. The van der Waals surface area contributed by atoms with Gasteiger partial charge in [0.2, 0.25) is 1.43 Å². The molecule has 3 N–H and O–H groups in total. The van der Waals surface area contributed by atoms with E-state index in [2.05, 4.69) is 42.1 Å². The molecule has 2 aliphatic heterocycles. The molecule has 3 aromatic rings. The first-order valence-electron chi connectivity index (χ1n) is 17.4. The van der Waals surface area contributed by atoms with Gasteiger partial charge in [-0.1, -0.05) is 24.3 Å². The molecular formula is C32H47N8O8PS2. The molecule has 0 radical (unpaired) electrons. The minimum absolute atomic E-state index is 0.0220. The molecule has 2 aliphatic rings. The summed E-state index contributed by atoms with van der Waals surface area (Å²) >= 11 is 5.73. The van der Waals surface area contributed by atoms with E-state index in [0.717, 1.165) is 0 Å². The molecular weight excluding hydrogens is 720 g/mol. The van der Waals surface area contributed by atoms with Gasteiger partial charge in [-0.2, -0.15) is 5.48 Å². The second-order valence-electron chi connectivity index (χ2n) is 12.0. The maximum absolute atomic E-state index is 13.0. The van der Waals surface area contributed by atoms with E-state index in [-0.39, 0.29) is 60.5 Å². The third-order valence-corrected chi connectivity index (χ3v) is 11.8. The van der Waals surface area contributed by atoms with Crippen LogP contribution < -0.4 is 10.8 Å². The second kappa shape index (κ2) is 18.5. The van der Waals surface area contributed by atoms with Crippen molar-refractivity contribution in [3.05, 3.63) is 61.2 Å². The zero-order valence-electron chi connectivity index (χ0n) is 31.2. The fraction of sp³-hybridized carbons (Fsp3) is 0.531. The largest absolute Gasteiger partial charge is 0.460 e. The summed E-state index contributed by atoms with van der Waals surface area (Å²) in [6.45, 7) is 12.4. The summed E-state index contributed by atoms with van der Waals surface area (Å²) in [7, 11) is -3.67. The number of carbonyl (C=O) groups is 1. The molecule has 2 saturated heterocycles. The third kappa shape index (κ3) is 10.0. The number of nitrogens with one attached hydrogen (secondary N) is 2. The average molecular weight is 770 g/mol. The SMILES string of the molecule is [2H]C[C@H]1O[C@@H](n2cnc3c(NC(=O)c4ccccc4)ncnc32)C(OC(=S)N2CCS(=O)(=O)CC2)[C@H]1OP(ONCC=C)N(C(C)C)C(C)C.[3H]OC. The minimum atomic E-state index is -3.17. The summed E-state index contributed by atoms with van der Waals surface area (Å²) in [4.78, 5) is 28.0. The van der Waals surface area contributed by atoms with Crippen LogP contribution in [0.25, 0.3) is 11.2 Å². The molecule has 51 heavy (non-hydrogen) atoms. The molecule has 0 bridgehead atoms. The van der Waals surface area contributed by atoms with Crippen molar-refractivity contribution in [3.63, 3.8) is 0 Å². The number of benzene rings is 1. The molecule has 2 aromatic heterocycles. The van der Waals surface area contributed by atoms with Crippen molar-refractivity contribution in [2.24, 2.45) is 0 Å². The number of imidazole rings is 1. The van der Waals surface area contributed by atoms with E-state index < -0.39 is 42.9 Å². The van der Waals surface area contributed by atoms with E-state index in [0.29, 0.717) is 23.3 Å². The van der Waals surface area contributed by atoms with Crippen LogP contribution in [-0.4, -0.2) is 124 Å². The molecule has 19 heteroatoms. The van der Waals surface area contributed by atoms with Gasteiger partial charge < -0.3 is 29.3 Å². The number of hydroxylamine groups is 1. The Morgan fingerprint density at radius 1 is 1.24 bits per heavy atom. The number of fused-ring (bicyclic) bond motifs is 1. The third-order valence-electron chi connectivity index (χ3n) is 7.85. The average Bonchev–Trinajstić information content (AvgIpc) is 3.70. The number of aliphatic hydroxyl groups is 1. The Morgan fingerprint density at radius 3 is 2.55 bits per heavy atom. The monoisotopic (exact) mass is 769 g/mol. The summed E-state index contributed by atoms with van der Waals surface area (Å²) in [6, 6.07) is 8.76. The molecule has 1 aromatic carbocycles. The van der Waals surface area contributed by atoms with Gasteiger partial charge in [-0.3, -0.25) is 9.36 Å². The molecule has 5 rings (SSSR count). The summed E-state index contributed by atoms with van der Waals surface area (Å²) in [6.07, 6.45) is 0.872. The standard InChI is InChI=1S/C31H43N8O7PS2.CH4O/c1-7-13-35-46-47(39(20(2)3)21(4)5)45-25-22(6)43-30(26(25)44-31(48)37-14-16-49(41,42)17-15-37)38-19-34-24-27(32-18-33-28(24)38)36-29(40)23-11-9-8-10-12-23;1-2/h7-12,18-22,25-26,30,35H,1,13-17H2,2-6H3,(H,32,33,36,40);2H,1H3/t22-,25+,26?,30-,47?;/m1./s1/i6D;2T. The first-order chi connectivity index (χ1) is 25.3. The van der Waals surface area contributed by atoms with Gasteiger partial charge in [0.25, 0.3) is 19.6 Å². The van der Waals surface area contributed by atoms with E-state index >= 15 is 0 Å². The lowest BCUT2D eigenvalue weighted by Crippen LogP contribution is -2.47. The molecule has 4 heterocycles. The number of aliphatic hydroxyl groups excluding tert-OH is 1. The first kappa shape index (κ1) is 37.6. The lowest BCUT2D eigenvalue weighted by atomic mass is 10.1. The smallest absolute Gasteiger partial charge is 0.277 e. The number of sulfone groups is 1. The van der Waals surface area contributed by atoms with Crippen LogP contribution in [0.4, 0.5) is 5.82 Å². The normalized spacial score (nSPS) is 22.6. The van der Waals surface area contributed by atoms with Gasteiger partial charge in [0.15, 0.2) is 39.2 Å². The lowest BCUT2D eigenvalue weighted by molar-refractivity contribution is -0.0285. The van der Waals surface area contributed by atoms with Crippen molar-refractivity contribution in [1.29, 1.82) is 1.43 Å². The Hall–Kier alpha value is -3.19. The fourth-order valence-corrected chi connectivity index (χ4v) is 8.67. The number of thiocarbonyl (C=S) groups is 1. The molecule has 2 fully saturated rings. The van der Waals surface area contributed by atoms with Crippen LogP contribution >= 0.6 is 20.7 Å². The van der Waals surface area contributed by atoms with Crippen molar-refractivity contribution in [1.82, 2.24) is 34.6 Å². The van der Waals surface area contributed by atoms with Gasteiger partial charge in [0.1, 0.15) is 12.4 Å². The summed E-state index contributed by atoms with van der Waals surface area (Å²) < 4.78 is 68.0. The highest BCUT2D eigenvalue weighted by Gasteiger charge is 2.50. The van der Waals surface area contributed by atoms with Crippen LogP contribution in [0.3, 0.4) is 0 Å². The quantitative estimate of drug-likeness (QED) is 0.0756. The van der Waals surface area contributed by atoms with Crippen LogP contribution in [0.15, 0.2) is 55.6 Å². The van der Waals surface area contributed by atoms with Crippen molar-refractivity contribution in [3.8, 4) is 0 Å². The van der Waals surface area contributed by atoms with Gasteiger partial charge in [-0.25, -0.2) is 32.7 Å². The van der Waals surface area contributed by atoms with Gasteiger partial charge in [0.05, 0.1) is 23.9 Å². The predicted octanol–water partition coefficient (Wildman–Crippen LogP) is 3.44. The van der Waals surface area contributed by atoms with E-state index in [1.54, 1.807) is 39.8 Å². The fourth-order valence-electron chi connectivity index (χ4n) is 5.52. The number of hydrogen-bond donors (Lipinski definition) is 3. The zero-order chi connectivity index (χ0) is 38.7. The molecule has 5 atom stereocenters. The van der Waals surface area contributed by atoms with Crippen LogP contribution in [0.1, 0.15) is 52.6 Å². The maximum Gasteiger partial charge on any atom is 0.277 e. The Labute approximate surface area is 308 Å². The Balaban J connectivity index is 0.00000202. The van der Waals surface area contributed by atoms with E-state index in [1.165, 1.54) is 19.8 Å². The van der Waals surface area contributed by atoms with Crippen LogP contribution in [0.2, 0.25) is 0 Å². The zero-order valence-corrected chi connectivity index (χ0v) is 31.8. The van der Waals surface area contributed by atoms with Crippen molar-refractivity contribution in [2.75, 3.05) is 43.6 Å². The molecule has 0 saturated carbocycles. The molecule has 0 aliphatic carbocycles. The Kier molecular flexibility index (Phi) is 13.6. The summed E-state index contributed by atoms with van der Waals surface area (Å²) in [5.41, 5.74) is 3.98. The Bertz CT molecular complexity index is 1760. The summed E-state index contributed by atoms with van der Waals surface area (Å²) in [5, 5.41) is 6.38. The van der Waals surface area contributed by atoms with E-state index in [1.807, 2.05) is 33.8 Å². The van der Waals surface area contributed by atoms with Gasteiger partial charge in [0, 0.05) is 45.8 Å². The molecule has 1 amide bonds. The van der Waals surface area contributed by atoms with Crippen molar-refractivity contribution >= 4 is 58.6 Å². The highest BCUT2D eigenvalue weighted by atomic mass is 32.2. The highest BCUT2D eigenvalue weighted by Crippen LogP contribution is 2.50. The number of aromatic nitrogens is 4. The van der Waals surface area contributed by atoms with Crippen molar-refractivity contribution in [2.45, 2.75) is 71.2 Å². The van der Waals surface area contributed by atoms with Gasteiger partial charge in [-0.15, -0.1) is 6.58 Å². The lowest BCUT2D eigenvalue weighted by Gasteiger charge is -2.38. The minimum Gasteiger partial charge on any atom is -0.460 e. The number of rotatable bonds is 13. The molecule has 0 spiro atoms. The van der Waals surface area contributed by atoms with Crippen LogP contribution in [0, 0.1) is 0 Å².